The minimum absolute atomic E-state index is 0. The van der Waals surface area contributed by atoms with Gasteiger partial charge in [0.2, 0.25) is 0 Å². The van der Waals surface area contributed by atoms with Gasteiger partial charge in [-0.3, -0.25) is 38.4 Å². The maximum Gasteiger partial charge on any atom is 0.505 e. The summed E-state index contributed by atoms with van der Waals surface area (Å²) < 4.78 is 137. The summed E-state index contributed by atoms with van der Waals surface area (Å²) in [5.74, 6) is -8.55. The van der Waals surface area contributed by atoms with Gasteiger partial charge in [-0.05, 0) is 0 Å². The molecule has 0 unspecified atom stereocenters. The van der Waals surface area contributed by atoms with E-state index in [9.17, 15) is 52.7 Å². The molecule has 0 aliphatic rings. The first-order valence-electron chi connectivity index (χ1n) is 9.89. The number of ketones is 8. The van der Waals surface area contributed by atoms with Gasteiger partial charge in [-0.25, -0.2) is 0 Å². The van der Waals surface area contributed by atoms with E-state index in [1.54, 1.807) is 0 Å². The predicted molar refractivity (Wildman–Crippen MR) is 121 cm³/mol. The number of alkyl halides is 12. The van der Waals surface area contributed by atoms with E-state index in [2.05, 4.69) is 0 Å². The third-order valence-corrected chi connectivity index (χ3v) is 3.00. The molecule has 0 rings (SSSR count). The van der Waals surface area contributed by atoms with Gasteiger partial charge in [-0.2, -0.15) is 52.7 Å². The molecule has 0 atom stereocenters. The van der Waals surface area contributed by atoms with Gasteiger partial charge in [0.05, 0.1) is 0 Å². The Morgan fingerprint density at radius 1 is 0.341 bits per heavy atom. The third kappa shape index (κ3) is 34.0. The van der Waals surface area contributed by atoms with Crippen molar-refractivity contribution in [2.24, 2.45) is 0 Å². The van der Waals surface area contributed by atoms with Crippen LogP contribution in [0.5, 0.6) is 0 Å². The van der Waals surface area contributed by atoms with Crippen molar-refractivity contribution in [2.75, 3.05) is 0 Å². The Balaban J connectivity index is -0.000000139. The Labute approximate surface area is 254 Å². The molecular formula is C20H28F12O8Th+8. The van der Waals surface area contributed by atoms with Gasteiger partial charge < -0.3 is 0 Å². The van der Waals surface area contributed by atoms with Crippen LogP contribution < -0.4 is 0 Å². The predicted octanol–water partition coefficient (Wildman–Crippen LogP) is 4.19. The molecule has 8 nitrogen and oxygen atoms in total. The van der Waals surface area contributed by atoms with Gasteiger partial charge in [0, 0.05) is 67.6 Å². The van der Waals surface area contributed by atoms with Crippen LogP contribution >= 0.6 is 0 Å². The average Bonchev–Trinajstić information content (AvgIpc) is 2.64. The summed E-state index contributed by atoms with van der Waals surface area (Å²) in [6.45, 7) is 4.34. The van der Waals surface area contributed by atoms with Crippen molar-refractivity contribution >= 4 is 46.3 Å². The van der Waals surface area contributed by atoms with Crippen LogP contribution in [0.1, 0.15) is 53.4 Å². The van der Waals surface area contributed by atoms with E-state index in [4.69, 9.17) is 38.4 Å². The van der Waals surface area contributed by atoms with Gasteiger partial charge in [0.1, 0.15) is 0 Å². The number of hydrogen-bond donors (Lipinski definition) is 0. The standard InChI is InChI=1S/4C5H5F3O2.Th/c4*1-3(9)2-4(10)5(6,7)8;/h4*2H2,1H3;/p+8. The molecule has 0 spiro atoms. The van der Waals surface area contributed by atoms with Crippen molar-refractivity contribution in [1.29, 1.82) is 0 Å². The molecule has 0 radical (unpaired) electrons. The zero-order chi connectivity index (χ0) is 33.4. The zero-order valence-electron chi connectivity index (χ0n) is 21.4. The van der Waals surface area contributed by atoms with E-state index in [-0.39, 0.29) is 39.9 Å². The molecule has 0 aromatic heterocycles. The van der Waals surface area contributed by atoms with E-state index in [0.29, 0.717) is 0 Å². The Morgan fingerprint density at radius 3 is 0.463 bits per heavy atom. The summed E-state index contributed by atoms with van der Waals surface area (Å²) in [6, 6.07) is 0. The minimum atomic E-state index is -4.72. The molecule has 0 heterocycles. The van der Waals surface area contributed by atoms with E-state index in [0.717, 1.165) is 27.7 Å². The monoisotopic (exact) mass is 856 g/mol. The quantitative estimate of drug-likeness (QED) is 0.194. The van der Waals surface area contributed by atoms with Crippen molar-refractivity contribution in [1.82, 2.24) is 0 Å². The Kier molecular flexibility index (Phi) is 24.5. The first-order valence-corrected chi connectivity index (χ1v) is 9.89. The number of hydrogen-bond acceptors (Lipinski definition) is 0. The van der Waals surface area contributed by atoms with Gasteiger partial charge >= 0.3 is 71.0 Å². The van der Waals surface area contributed by atoms with Crippen molar-refractivity contribution in [2.45, 2.75) is 78.1 Å². The second kappa shape index (κ2) is 20.7. The van der Waals surface area contributed by atoms with Crippen molar-refractivity contribution in [3.63, 3.8) is 0 Å². The fraction of sp³-hybridized carbons (Fsp3) is 0.600. The maximum atomic E-state index is 11.4. The number of carbonyl (C=O) groups excluding carboxylic acids is 8. The topological polar surface area (TPSA) is 171 Å². The van der Waals surface area contributed by atoms with Crippen LogP contribution in [0.25, 0.3) is 0 Å². The number of rotatable bonds is 8. The molecule has 0 aromatic carbocycles. The maximum absolute atomic E-state index is 11.4. The first-order chi connectivity index (χ1) is 17.3. The van der Waals surface area contributed by atoms with Crippen LogP contribution in [0, 0.1) is 39.9 Å². The fourth-order valence-electron chi connectivity index (χ4n) is 1.37. The van der Waals surface area contributed by atoms with Crippen molar-refractivity contribution < 1.29 is 131 Å². The SMILES string of the molecule is CC(=[OH+])CC(=[OH+])C(F)(F)F.CC(=[OH+])CC(=[OH+])C(F)(F)F.CC(=[OH+])CC(=[OH+])C(F)(F)F.CC(=[OH+])CC(=[OH+])C(F)(F)F.[Th]. The normalized spacial score (nSPS) is 10.9. The molecular weight excluding hydrogens is 828 g/mol. The molecule has 0 saturated heterocycles. The molecule has 0 aliphatic heterocycles. The Hall–Kier alpha value is -2.16. The molecule has 0 aromatic rings. The van der Waals surface area contributed by atoms with Crippen LogP contribution in [0.3, 0.4) is 0 Å². The van der Waals surface area contributed by atoms with Crippen LogP contribution in [-0.2, 0) is 0 Å². The molecule has 0 amide bonds. The van der Waals surface area contributed by atoms with Crippen LogP contribution in [0.4, 0.5) is 52.7 Å². The van der Waals surface area contributed by atoms with Crippen LogP contribution in [0.15, 0.2) is 0 Å². The number of halogens is 12. The van der Waals surface area contributed by atoms with Gasteiger partial charge in [-0.15, -0.1) is 0 Å². The van der Waals surface area contributed by atoms with Crippen LogP contribution in [0.2, 0.25) is 0 Å². The van der Waals surface area contributed by atoms with E-state index in [1.807, 2.05) is 0 Å². The summed E-state index contributed by atoms with van der Waals surface area (Å²) in [4.78, 5) is 66.0. The summed E-state index contributed by atoms with van der Waals surface area (Å²) in [6.07, 6.45) is -22.2. The second-order valence-corrected chi connectivity index (χ2v) is 7.43. The molecule has 21 heteroatoms. The van der Waals surface area contributed by atoms with E-state index < -0.39 is 96.7 Å². The van der Waals surface area contributed by atoms with Gasteiger partial charge in [-0.1, -0.05) is 0 Å². The molecule has 0 bridgehead atoms. The van der Waals surface area contributed by atoms with Crippen molar-refractivity contribution in [3.8, 4) is 0 Å². The van der Waals surface area contributed by atoms with E-state index in [1.165, 1.54) is 0 Å². The second-order valence-electron chi connectivity index (χ2n) is 7.43. The largest absolute Gasteiger partial charge is 0.505 e. The smallest absolute Gasteiger partial charge is 0.283 e. The zero-order valence-corrected chi connectivity index (χ0v) is 25.6. The first kappa shape index (κ1) is 48.6. The molecule has 8 N–H and O–H groups in total. The molecule has 0 saturated carbocycles. The third-order valence-electron chi connectivity index (χ3n) is 3.00. The molecule has 41 heavy (non-hydrogen) atoms. The molecule has 0 aliphatic carbocycles. The minimum Gasteiger partial charge on any atom is -0.283 e. The average molecular weight is 856 g/mol. The van der Waals surface area contributed by atoms with Gasteiger partial charge in [0.15, 0.2) is 25.7 Å². The molecule has 236 valence electrons. The molecule has 0 fully saturated rings. The van der Waals surface area contributed by atoms with Crippen LogP contribution in [-0.4, -0.2) is 109 Å². The van der Waals surface area contributed by atoms with Gasteiger partial charge in [0.25, 0.3) is 0 Å². The fourth-order valence-corrected chi connectivity index (χ4v) is 1.37. The van der Waals surface area contributed by atoms with Crippen molar-refractivity contribution in [3.05, 3.63) is 0 Å². The Bertz CT molecular complexity index is 794. The summed E-state index contributed by atoms with van der Waals surface area (Å²) >= 11 is 0. The summed E-state index contributed by atoms with van der Waals surface area (Å²) in [5, 5.41) is 0. The van der Waals surface area contributed by atoms with E-state index >= 15 is 0 Å². The summed E-state index contributed by atoms with van der Waals surface area (Å²) in [7, 11) is 0. The summed E-state index contributed by atoms with van der Waals surface area (Å²) in [5.41, 5.74) is 0. The Morgan fingerprint density at radius 2 is 0.439 bits per heavy atom.